The number of pyridine rings is 2. The van der Waals surface area contributed by atoms with Gasteiger partial charge in [-0.15, -0.1) is 0 Å². The van der Waals surface area contributed by atoms with Crippen molar-refractivity contribution in [1.29, 1.82) is 0 Å². The molecule has 0 unspecified atom stereocenters. The summed E-state index contributed by atoms with van der Waals surface area (Å²) in [5.74, 6) is 0. The van der Waals surface area contributed by atoms with Crippen LogP contribution in [0.1, 0.15) is 5.56 Å². The largest absolute Gasteiger partial charge is 0.294 e. The molecule has 0 aliphatic carbocycles. The van der Waals surface area contributed by atoms with Crippen LogP contribution in [-0.4, -0.2) is 14.5 Å². The van der Waals surface area contributed by atoms with E-state index in [2.05, 4.69) is 56.6 Å². The topological polar surface area (TPSA) is 34.6 Å². The van der Waals surface area contributed by atoms with E-state index in [4.69, 9.17) is 4.98 Å². The molecule has 1 aliphatic heterocycles. The van der Waals surface area contributed by atoms with Gasteiger partial charge in [0, 0.05) is 29.8 Å². The molecule has 0 fully saturated rings. The second-order valence-corrected chi connectivity index (χ2v) is 7.20. The van der Waals surface area contributed by atoms with Crippen LogP contribution in [0.5, 0.6) is 0 Å². The number of fused-ring (bicyclic) bond motifs is 7. The molecule has 6 rings (SSSR count). The molecule has 25 heavy (non-hydrogen) atoms. The molecule has 0 radical (unpaired) electrons. The average Bonchev–Trinajstić information content (AvgIpc) is 3.29. The van der Waals surface area contributed by atoms with Gasteiger partial charge in [-0.1, -0.05) is 18.2 Å². The minimum atomic E-state index is 0.864. The van der Waals surface area contributed by atoms with Crippen molar-refractivity contribution in [2.24, 2.45) is 0 Å². The molecule has 4 nitrogen and oxygen atoms in total. The Morgan fingerprint density at radius 3 is 2.84 bits per heavy atom. The predicted octanol–water partition coefficient (Wildman–Crippen LogP) is 3.95. The van der Waals surface area contributed by atoms with E-state index in [0.29, 0.717) is 0 Å². The molecule has 1 aromatic carbocycles. The van der Waals surface area contributed by atoms with Gasteiger partial charge >= 0.3 is 0 Å². The highest BCUT2D eigenvalue weighted by atomic mass is 32.1. The molecule has 0 spiro atoms. The van der Waals surface area contributed by atoms with Crippen molar-refractivity contribution in [3.63, 3.8) is 0 Å². The Bertz CT molecular complexity index is 1270. The number of nitrogens with zero attached hydrogens (tertiary/aromatic N) is 4. The third kappa shape index (κ3) is 1.68. The van der Waals surface area contributed by atoms with Crippen molar-refractivity contribution < 1.29 is 4.57 Å². The molecule has 0 atom stereocenters. The minimum Gasteiger partial charge on any atom is -0.294 e. The zero-order valence-corrected chi connectivity index (χ0v) is 14.1. The number of thiazole rings is 1. The van der Waals surface area contributed by atoms with Gasteiger partial charge in [0.15, 0.2) is 16.9 Å². The Morgan fingerprint density at radius 1 is 1.00 bits per heavy atom. The molecule has 0 N–H and O–H groups in total. The summed E-state index contributed by atoms with van der Waals surface area (Å²) in [7, 11) is 0. The van der Waals surface area contributed by atoms with Crippen LogP contribution in [0.25, 0.3) is 37.6 Å². The highest BCUT2D eigenvalue weighted by Crippen LogP contribution is 2.39. The van der Waals surface area contributed by atoms with E-state index >= 15 is 0 Å². The molecule has 5 aromatic rings. The summed E-state index contributed by atoms with van der Waals surface area (Å²) in [6.45, 7) is 0.864. The number of hydrogen-bond donors (Lipinski definition) is 0. The lowest BCUT2D eigenvalue weighted by Crippen LogP contribution is -2.30. The second-order valence-electron chi connectivity index (χ2n) is 6.22. The van der Waals surface area contributed by atoms with Crippen LogP contribution in [0.15, 0.2) is 67.1 Å². The lowest BCUT2D eigenvalue weighted by molar-refractivity contribution is -0.641. The monoisotopic (exact) mass is 341 g/mol. The number of para-hydroxylation sites is 1. The fourth-order valence-corrected chi connectivity index (χ4v) is 5.14. The third-order valence-corrected chi connectivity index (χ3v) is 6.05. The van der Waals surface area contributed by atoms with Gasteiger partial charge in [0.25, 0.3) is 10.5 Å². The van der Waals surface area contributed by atoms with Crippen LogP contribution in [0.2, 0.25) is 0 Å². The van der Waals surface area contributed by atoms with Crippen molar-refractivity contribution in [3.8, 4) is 16.3 Å². The standard InChI is InChI=1S/C20H13N4S/c1-2-5-14(6-3-1)24-16-7-4-9-22-17(16)18-20(24)25-19-15-8-10-21-11-13(15)12-23(18)19/h1-11H,12H2/q+1. The van der Waals surface area contributed by atoms with Crippen LogP contribution >= 0.6 is 11.3 Å². The molecular formula is C20H13N4S+. The normalized spacial score (nSPS) is 12.6. The Kier molecular flexibility index (Phi) is 2.51. The molecule has 0 saturated heterocycles. The van der Waals surface area contributed by atoms with Crippen molar-refractivity contribution in [3.05, 3.63) is 72.7 Å². The molecule has 0 saturated carbocycles. The summed E-state index contributed by atoms with van der Waals surface area (Å²) >= 11 is 1.83. The number of aromatic nitrogens is 4. The van der Waals surface area contributed by atoms with Gasteiger partial charge in [0.05, 0.1) is 11.1 Å². The zero-order chi connectivity index (χ0) is 16.4. The van der Waals surface area contributed by atoms with Crippen LogP contribution in [-0.2, 0) is 6.54 Å². The fraction of sp³-hybridized carbons (Fsp3) is 0.0500. The maximum absolute atomic E-state index is 4.72. The lowest BCUT2D eigenvalue weighted by Gasteiger charge is -2.04. The first-order valence-electron chi connectivity index (χ1n) is 8.22. The molecule has 0 bridgehead atoms. The van der Waals surface area contributed by atoms with E-state index in [1.54, 1.807) is 0 Å². The SMILES string of the molecule is c1ccc(-n2c3cccnc3c3c2sc2[n+]3Cc3cnccc3-2)cc1. The molecule has 4 aromatic heterocycles. The first-order chi connectivity index (χ1) is 12.4. The van der Waals surface area contributed by atoms with Crippen molar-refractivity contribution in [1.82, 2.24) is 14.5 Å². The summed E-state index contributed by atoms with van der Waals surface area (Å²) in [5, 5.41) is 1.29. The van der Waals surface area contributed by atoms with Crippen molar-refractivity contribution in [2.45, 2.75) is 6.54 Å². The van der Waals surface area contributed by atoms with Gasteiger partial charge in [-0.05, 0) is 41.7 Å². The average molecular weight is 341 g/mol. The number of benzene rings is 1. The molecular weight excluding hydrogens is 328 g/mol. The predicted molar refractivity (Wildman–Crippen MR) is 99.0 cm³/mol. The highest BCUT2D eigenvalue weighted by molar-refractivity contribution is 7.21. The molecule has 5 heteroatoms. The van der Waals surface area contributed by atoms with E-state index in [1.165, 1.54) is 32.2 Å². The minimum absolute atomic E-state index is 0.864. The summed E-state index contributed by atoms with van der Waals surface area (Å²) in [6, 6.07) is 16.8. The summed E-state index contributed by atoms with van der Waals surface area (Å²) in [4.78, 5) is 10.2. The molecule has 0 amide bonds. The fourth-order valence-electron chi connectivity index (χ4n) is 3.78. The quantitative estimate of drug-likeness (QED) is 0.424. The van der Waals surface area contributed by atoms with Crippen LogP contribution in [0.4, 0.5) is 0 Å². The van der Waals surface area contributed by atoms with Gasteiger partial charge < -0.3 is 0 Å². The van der Waals surface area contributed by atoms with Gasteiger partial charge in [0.2, 0.25) is 0 Å². The van der Waals surface area contributed by atoms with Crippen LogP contribution in [0, 0.1) is 0 Å². The van der Waals surface area contributed by atoms with E-state index in [0.717, 1.165) is 17.6 Å². The van der Waals surface area contributed by atoms with Crippen molar-refractivity contribution >= 4 is 32.7 Å². The maximum atomic E-state index is 4.72. The van der Waals surface area contributed by atoms with E-state index in [-0.39, 0.29) is 0 Å². The Hall–Kier alpha value is -3.05. The smallest absolute Gasteiger partial charge is 0.272 e. The summed E-state index contributed by atoms with van der Waals surface area (Å²) < 4.78 is 4.72. The van der Waals surface area contributed by atoms with E-state index in [1.807, 2.05) is 36.0 Å². The van der Waals surface area contributed by atoms with Crippen molar-refractivity contribution in [2.75, 3.05) is 0 Å². The maximum Gasteiger partial charge on any atom is 0.272 e. The number of hydrogen-bond acceptors (Lipinski definition) is 3. The third-order valence-electron chi connectivity index (χ3n) is 4.84. The van der Waals surface area contributed by atoms with Gasteiger partial charge in [-0.3, -0.25) is 9.55 Å². The number of rotatable bonds is 1. The lowest BCUT2D eigenvalue weighted by atomic mass is 10.2. The zero-order valence-electron chi connectivity index (χ0n) is 13.3. The Morgan fingerprint density at radius 2 is 1.92 bits per heavy atom. The van der Waals surface area contributed by atoms with E-state index < -0.39 is 0 Å². The first kappa shape index (κ1) is 13.3. The van der Waals surface area contributed by atoms with E-state index in [9.17, 15) is 0 Å². The molecule has 5 heterocycles. The van der Waals surface area contributed by atoms with Gasteiger partial charge in [-0.25, -0.2) is 4.98 Å². The first-order valence-corrected chi connectivity index (χ1v) is 9.04. The van der Waals surface area contributed by atoms with Crippen LogP contribution < -0.4 is 4.57 Å². The van der Waals surface area contributed by atoms with Gasteiger partial charge in [0.1, 0.15) is 0 Å². The molecule has 118 valence electrons. The molecule has 1 aliphatic rings. The van der Waals surface area contributed by atoms with Crippen LogP contribution in [0.3, 0.4) is 0 Å². The summed E-state index contributed by atoms with van der Waals surface area (Å²) in [5.41, 5.74) is 7.18. The highest BCUT2D eigenvalue weighted by Gasteiger charge is 2.35. The summed E-state index contributed by atoms with van der Waals surface area (Å²) in [6.07, 6.45) is 5.73. The Balaban J connectivity index is 1.78. The second kappa shape index (κ2) is 4.74. The van der Waals surface area contributed by atoms with Gasteiger partial charge in [-0.2, -0.15) is 4.57 Å². The Labute approximate surface area is 147 Å².